The summed E-state index contributed by atoms with van der Waals surface area (Å²) < 4.78 is 0. The molecule has 0 saturated carbocycles. The molecule has 0 heterocycles. The van der Waals surface area contributed by atoms with Crippen LogP contribution < -0.4 is 0 Å². The van der Waals surface area contributed by atoms with E-state index in [1.165, 1.54) is 0 Å². The number of hydrogen-bond donors (Lipinski definition) is 0. The standard InChI is InChI=1S/CH4.CH3.HPS.H3P.2V/c;;1-2;;;/h1H4;1H3;1H;1H3;;/q;-1;;;;. The van der Waals surface area contributed by atoms with Gasteiger partial charge in [-0.2, -0.15) is 9.90 Å². The maximum Gasteiger partial charge on any atom is 0 e. The minimum Gasteiger partial charge on any atom is -0.358 e. The van der Waals surface area contributed by atoms with Gasteiger partial charge in [-0.15, -0.1) is 0 Å². The number of hydrogen-bond acceptors (Lipinski definition) is 1. The fourth-order valence-electron chi connectivity index (χ4n) is 0. The van der Waals surface area contributed by atoms with E-state index in [0.29, 0.717) is 0 Å². The van der Waals surface area contributed by atoms with Gasteiger partial charge in [-0.25, -0.2) is 0 Å². The number of rotatable bonds is 0. The topological polar surface area (TPSA) is 0 Å². The van der Waals surface area contributed by atoms with E-state index in [9.17, 15) is 0 Å². The van der Waals surface area contributed by atoms with Gasteiger partial charge in [0.1, 0.15) is 0 Å². The molecule has 5 heteroatoms. The molecule has 0 aromatic carbocycles. The van der Waals surface area contributed by atoms with Crippen molar-refractivity contribution in [3.05, 3.63) is 7.43 Å². The first-order valence-corrected chi connectivity index (χ1v) is 1.84. The molecule has 0 aromatic heterocycles. The Labute approximate surface area is 81.2 Å². The second-order valence-electron chi connectivity index (χ2n) is 0. The molecule has 0 N–H and O–H groups in total. The van der Waals surface area contributed by atoms with Crippen molar-refractivity contribution in [2.45, 2.75) is 7.43 Å². The van der Waals surface area contributed by atoms with E-state index >= 15 is 0 Å². The first-order valence-electron chi connectivity index (χ1n) is 0.204. The molecule has 0 amide bonds. The first kappa shape index (κ1) is 61.8. The summed E-state index contributed by atoms with van der Waals surface area (Å²) in [6.45, 7) is 0. The molecule has 0 nitrogen and oxygen atoms in total. The van der Waals surface area contributed by atoms with Crippen LogP contribution in [-0.2, 0) is 48.9 Å². The zero-order chi connectivity index (χ0) is 2.00. The SMILES string of the molecule is C.P.P=S.[CH3-].[V].[V]. The summed E-state index contributed by atoms with van der Waals surface area (Å²) in [6.07, 6.45) is 0. The molecule has 2 radical (unpaired) electrons. The van der Waals surface area contributed by atoms with Gasteiger partial charge in [-0.3, -0.25) is 0 Å². The van der Waals surface area contributed by atoms with Crippen LogP contribution in [0.1, 0.15) is 7.43 Å². The van der Waals surface area contributed by atoms with Crippen molar-refractivity contribution in [1.29, 1.82) is 0 Å². The summed E-state index contributed by atoms with van der Waals surface area (Å²) in [5, 5.41) is 0. The molecule has 0 spiro atoms. The zero-order valence-corrected chi connectivity index (χ0v) is 9.53. The quantitative estimate of drug-likeness (QED) is 0.452. The second-order valence-corrected chi connectivity index (χ2v) is 0. The normalized spacial score (nSPS) is 0.571. The molecular weight excluding hydrogens is 220 g/mol. The predicted molar refractivity (Wildman–Crippen MR) is 39.9 cm³/mol. The minimum absolute atomic E-state index is 0. The Morgan fingerprint density at radius 1 is 1.00 bits per heavy atom. The monoisotopic (exact) mass is 231 g/mol. The summed E-state index contributed by atoms with van der Waals surface area (Å²) in [5.41, 5.74) is 0. The van der Waals surface area contributed by atoms with Crippen LogP contribution in [-0.4, -0.2) is 0 Å². The zero-order valence-electron chi connectivity index (χ0n) is 3.51. The Kier molecular flexibility index (Phi) is 809. The van der Waals surface area contributed by atoms with Crippen molar-refractivity contribution < 1.29 is 37.1 Å². The molecule has 0 saturated heterocycles. The van der Waals surface area contributed by atoms with Gasteiger partial charge in [0, 0.05) is 37.1 Å². The van der Waals surface area contributed by atoms with Crippen molar-refractivity contribution in [1.82, 2.24) is 0 Å². The molecule has 1 unspecified atom stereocenters. The van der Waals surface area contributed by atoms with E-state index < -0.39 is 0 Å². The fraction of sp³-hybridized carbons (Fsp3) is 0.500. The molecule has 0 aliphatic heterocycles. The van der Waals surface area contributed by atoms with E-state index in [4.69, 9.17) is 0 Å². The van der Waals surface area contributed by atoms with E-state index in [1.54, 1.807) is 0 Å². The predicted octanol–water partition coefficient (Wildman–Crippen LogP) is 1.73. The molecule has 1 atom stereocenters. The van der Waals surface area contributed by atoms with Crippen molar-refractivity contribution in [3.63, 3.8) is 0 Å². The molecule has 0 fully saturated rings. The van der Waals surface area contributed by atoms with Crippen molar-refractivity contribution in [3.8, 4) is 0 Å². The van der Waals surface area contributed by atoms with Crippen molar-refractivity contribution in [2.24, 2.45) is 0 Å². The van der Waals surface area contributed by atoms with E-state index in [-0.39, 0.29) is 61.9 Å². The molecule has 0 rings (SSSR count). The second kappa shape index (κ2) is 91.6. The van der Waals surface area contributed by atoms with Crippen molar-refractivity contribution in [2.75, 3.05) is 0 Å². The average molecular weight is 231 g/mol. The van der Waals surface area contributed by atoms with Gasteiger partial charge in [0.15, 0.2) is 0 Å². The smallest absolute Gasteiger partial charge is 0 e. The molecule has 0 aliphatic carbocycles. The third kappa shape index (κ3) is 67.7. The van der Waals surface area contributed by atoms with E-state index in [1.807, 2.05) is 0 Å². The summed E-state index contributed by atoms with van der Waals surface area (Å²) in [6, 6.07) is 0. The van der Waals surface area contributed by atoms with Gasteiger partial charge in [-0.1, -0.05) is 19.2 Å². The fourth-order valence-corrected chi connectivity index (χ4v) is 0. The van der Waals surface area contributed by atoms with Crippen LogP contribution in [0.5, 0.6) is 0 Å². The van der Waals surface area contributed by atoms with Gasteiger partial charge in [0.25, 0.3) is 0 Å². The van der Waals surface area contributed by atoms with Gasteiger partial charge in [-0.05, 0) is 8.02 Å². The van der Waals surface area contributed by atoms with Crippen LogP contribution in [0, 0.1) is 7.43 Å². The molecule has 7 heavy (non-hydrogen) atoms. The maximum atomic E-state index is 3.89. The van der Waals surface area contributed by atoms with Crippen LogP contribution in [0.3, 0.4) is 0 Å². The molecule has 0 aromatic rings. The minimum atomic E-state index is 0. The van der Waals surface area contributed by atoms with Crippen LogP contribution in [0.2, 0.25) is 0 Å². The molecular formula is C2H11P2SV2-. The maximum absolute atomic E-state index is 3.89. The summed E-state index contributed by atoms with van der Waals surface area (Å²) in [5.74, 6) is 0. The van der Waals surface area contributed by atoms with E-state index in [0.717, 1.165) is 0 Å². The van der Waals surface area contributed by atoms with Crippen LogP contribution in [0.4, 0.5) is 0 Å². The Bertz CT molecular complexity index is 13.7. The first-order chi connectivity index (χ1) is 1.00. The summed E-state index contributed by atoms with van der Waals surface area (Å²) >= 11 is 3.89. The van der Waals surface area contributed by atoms with Crippen LogP contribution in [0.25, 0.3) is 0 Å². The van der Waals surface area contributed by atoms with Crippen LogP contribution in [0.15, 0.2) is 0 Å². The van der Waals surface area contributed by atoms with Gasteiger partial charge < -0.3 is 7.43 Å². The summed E-state index contributed by atoms with van der Waals surface area (Å²) in [4.78, 5) is 0. The Balaban J connectivity index is -0.000000000500. The Morgan fingerprint density at radius 2 is 1.00 bits per heavy atom. The van der Waals surface area contributed by atoms with Gasteiger partial charge >= 0.3 is 0 Å². The molecule has 46 valence electrons. The van der Waals surface area contributed by atoms with E-state index in [2.05, 4.69) is 19.8 Å². The van der Waals surface area contributed by atoms with Crippen molar-refractivity contribution >= 4 is 29.7 Å². The third-order valence-corrected chi connectivity index (χ3v) is 0. The molecule has 0 aliphatic rings. The van der Waals surface area contributed by atoms with Gasteiger partial charge in [0.05, 0.1) is 0 Å². The van der Waals surface area contributed by atoms with Crippen LogP contribution >= 0.6 is 17.9 Å². The Morgan fingerprint density at radius 3 is 1.00 bits per heavy atom. The summed E-state index contributed by atoms with van der Waals surface area (Å²) in [7, 11) is 2.56. The largest absolute Gasteiger partial charge is 0.358 e. The van der Waals surface area contributed by atoms with Gasteiger partial charge in [0.2, 0.25) is 0 Å². The average Bonchev–Trinajstić information content (AvgIpc) is 1.00. The third-order valence-electron chi connectivity index (χ3n) is 0. The Hall–Kier alpha value is 2.12. The molecule has 0 bridgehead atoms.